The van der Waals surface area contributed by atoms with Gasteiger partial charge in [-0.05, 0) is 105 Å². The molecule has 0 unspecified atom stereocenters. The van der Waals surface area contributed by atoms with Crippen molar-refractivity contribution in [3.8, 4) is 0 Å². The van der Waals surface area contributed by atoms with E-state index in [0.717, 1.165) is 44.9 Å². The molecule has 3 saturated carbocycles. The molecule has 7 heteroatoms. The molecule has 0 aromatic heterocycles. The molecular weight excluding hydrogens is 532 g/mol. The molecule has 6 aliphatic rings. The highest BCUT2D eigenvalue weighted by Gasteiger charge is 2.67. The number of hydrogen-bond donors (Lipinski definition) is 4. The molecule has 42 heavy (non-hydrogen) atoms. The summed E-state index contributed by atoms with van der Waals surface area (Å²) in [6.45, 7) is 16.6. The second kappa shape index (κ2) is 10.1. The lowest BCUT2D eigenvalue weighted by Crippen LogP contribution is -2.65. The van der Waals surface area contributed by atoms with Gasteiger partial charge in [-0.3, -0.25) is 4.79 Å². The van der Waals surface area contributed by atoms with Crippen molar-refractivity contribution in [1.29, 1.82) is 0 Å². The van der Waals surface area contributed by atoms with E-state index >= 15 is 0 Å². The van der Waals surface area contributed by atoms with E-state index < -0.39 is 30.6 Å². The van der Waals surface area contributed by atoms with E-state index in [1.165, 1.54) is 16.7 Å². The number of carboxylic acid groups (broad SMARTS) is 1. The standard InChI is InChI=1S/C35H54O7/c1-18-16-21(30(39)40)20-10-14-34(6)22(27(20)19(18)2)8-9-25-33(5)13-12-26(32(3,4)24(33)11-15-35(25,34)7)42-31-29(38)28(37)23(36)17-41-31/h8,20-21,23-29,31,36-38H,9-17H2,1-7H3,(H,39,40)/t20-,21+,23-,24-,25+,26-,27+,28-,29+,31-,33-,34+,35+/m0/s1. The minimum absolute atomic E-state index is 0.0432. The Morgan fingerprint density at radius 3 is 2.36 bits per heavy atom. The summed E-state index contributed by atoms with van der Waals surface area (Å²) in [5.41, 5.74) is 4.35. The third-order valence-electron chi connectivity index (χ3n) is 14.5. The predicted molar refractivity (Wildman–Crippen MR) is 159 cm³/mol. The van der Waals surface area contributed by atoms with Crippen LogP contribution >= 0.6 is 0 Å². The van der Waals surface area contributed by atoms with Crippen molar-refractivity contribution >= 4 is 5.97 Å². The van der Waals surface area contributed by atoms with Crippen LogP contribution in [0.2, 0.25) is 0 Å². The number of ether oxygens (including phenoxy) is 2. The van der Waals surface area contributed by atoms with Crippen LogP contribution in [0.15, 0.2) is 22.8 Å². The molecule has 7 nitrogen and oxygen atoms in total. The van der Waals surface area contributed by atoms with Crippen molar-refractivity contribution in [3.63, 3.8) is 0 Å². The molecule has 1 aliphatic heterocycles. The summed E-state index contributed by atoms with van der Waals surface area (Å²) in [6, 6.07) is 0. The van der Waals surface area contributed by atoms with E-state index in [0.29, 0.717) is 18.3 Å². The Bertz CT molecular complexity index is 1170. The molecular formula is C35H54O7. The summed E-state index contributed by atoms with van der Waals surface area (Å²) in [6.07, 6.45) is 5.76. The quantitative estimate of drug-likeness (QED) is 0.256. The molecule has 4 N–H and O–H groups in total. The second-order valence-corrected chi connectivity index (χ2v) is 16.3. The van der Waals surface area contributed by atoms with Gasteiger partial charge in [-0.15, -0.1) is 0 Å². The van der Waals surface area contributed by atoms with Gasteiger partial charge >= 0.3 is 5.97 Å². The summed E-state index contributed by atoms with van der Waals surface area (Å²) >= 11 is 0. The van der Waals surface area contributed by atoms with Crippen LogP contribution in [0.3, 0.4) is 0 Å². The molecule has 0 spiro atoms. The van der Waals surface area contributed by atoms with Crippen LogP contribution in [-0.2, 0) is 14.3 Å². The van der Waals surface area contributed by atoms with Crippen LogP contribution in [0.4, 0.5) is 0 Å². The molecule has 0 aromatic rings. The van der Waals surface area contributed by atoms with Crippen LogP contribution in [-0.4, -0.2) is 63.7 Å². The topological polar surface area (TPSA) is 116 Å². The van der Waals surface area contributed by atoms with Gasteiger partial charge in [-0.2, -0.15) is 0 Å². The highest BCUT2D eigenvalue weighted by atomic mass is 16.7. The molecule has 6 rings (SSSR count). The highest BCUT2D eigenvalue weighted by molar-refractivity contribution is 5.72. The SMILES string of the molecule is CC1=C(C)[C@H]2C3=CC[C@@H]4[C@@]5(C)CC[C@H](O[C@@H]6OC[C@H](O)[C@H](O)[C@H]6O)C(C)(C)[C@@H]5CC[C@@]4(C)[C@]3(C)CC[C@H]2[C@H](C(=O)O)C1. The number of rotatable bonds is 3. The van der Waals surface area contributed by atoms with Crippen molar-refractivity contribution in [3.05, 3.63) is 22.8 Å². The average Bonchev–Trinajstić information content (AvgIpc) is 2.92. The zero-order chi connectivity index (χ0) is 30.6. The number of aliphatic hydroxyl groups is 3. The molecule has 0 radical (unpaired) electrons. The summed E-state index contributed by atoms with van der Waals surface area (Å²) in [4.78, 5) is 12.4. The Morgan fingerprint density at radius 2 is 1.67 bits per heavy atom. The lowest BCUT2D eigenvalue weighted by molar-refractivity contribution is -0.308. The normalized spacial score (nSPS) is 51.9. The van der Waals surface area contributed by atoms with Gasteiger partial charge in [0, 0.05) is 5.92 Å². The lowest BCUT2D eigenvalue weighted by Gasteiger charge is -2.70. The fourth-order valence-electron chi connectivity index (χ4n) is 11.7. The summed E-state index contributed by atoms with van der Waals surface area (Å²) in [7, 11) is 0. The lowest BCUT2D eigenvalue weighted by atomic mass is 9.34. The first-order valence-corrected chi connectivity index (χ1v) is 16.5. The minimum atomic E-state index is -1.27. The maximum Gasteiger partial charge on any atom is 0.307 e. The molecule has 5 aliphatic carbocycles. The van der Waals surface area contributed by atoms with Gasteiger partial charge < -0.3 is 29.9 Å². The molecule has 0 aromatic carbocycles. The number of aliphatic carboxylic acids is 1. The van der Waals surface area contributed by atoms with Crippen LogP contribution in [0, 0.1) is 51.2 Å². The zero-order valence-electron chi connectivity index (χ0n) is 26.7. The Kier molecular flexibility index (Phi) is 7.42. The average molecular weight is 587 g/mol. The van der Waals surface area contributed by atoms with Crippen LogP contribution in [0.25, 0.3) is 0 Å². The molecule has 0 bridgehead atoms. The van der Waals surface area contributed by atoms with Gasteiger partial charge in [0.15, 0.2) is 6.29 Å². The number of hydrogen-bond acceptors (Lipinski definition) is 6. The van der Waals surface area contributed by atoms with Gasteiger partial charge in [0.2, 0.25) is 0 Å². The van der Waals surface area contributed by atoms with E-state index in [-0.39, 0.29) is 52.1 Å². The van der Waals surface area contributed by atoms with Crippen molar-refractivity contribution in [2.75, 3.05) is 6.61 Å². The summed E-state index contributed by atoms with van der Waals surface area (Å²) < 4.78 is 12.1. The summed E-state index contributed by atoms with van der Waals surface area (Å²) in [5, 5.41) is 40.9. The first kappa shape index (κ1) is 30.8. The number of fused-ring (bicyclic) bond motifs is 7. The van der Waals surface area contributed by atoms with Crippen LogP contribution < -0.4 is 0 Å². The Balaban J connectivity index is 1.30. The zero-order valence-corrected chi connectivity index (χ0v) is 26.7. The summed E-state index contributed by atoms with van der Waals surface area (Å²) in [5.74, 6) is 0.483. The Hall–Kier alpha value is -1.25. The largest absolute Gasteiger partial charge is 0.481 e. The maximum absolute atomic E-state index is 12.4. The smallest absolute Gasteiger partial charge is 0.307 e. The van der Waals surface area contributed by atoms with Crippen LogP contribution in [0.5, 0.6) is 0 Å². The Labute approximate surface area is 251 Å². The molecule has 0 amide bonds. The van der Waals surface area contributed by atoms with Crippen LogP contribution in [0.1, 0.15) is 99.8 Å². The van der Waals surface area contributed by atoms with E-state index in [4.69, 9.17) is 9.47 Å². The molecule has 4 fully saturated rings. The third kappa shape index (κ3) is 4.12. The van der Waals surface area contributed by atoms with Crippen molar-refractivity contribution in [2.24, 2.45) is 51.2 Å². The van der Waals surface area contributed by atoms with Gasteiger partial charge in [-0.25, -0.2) is 0 Å². The highest BCUT2D eigenvalue weighted by Crippen LogP contribution is 2.74. The van der Waals surface area contributed by atoms with Gasteiger partial charge in [-0.1, -0.05) is 57.4 Å². The second-order valence-electron chi connectivity index (χ2n) is 16.3. The van der Waals surface area contributed by atoms with Crippen molar-refractivity contribution in [2.45, 2.75) is 131 Å². The maximum atomic E-state index is 12.4. The first-order chi connectivity index (χ1) is 19.6. The van der Waals surface area contributed by atoms with E-state index in [2.05, 4.69) is 54.5 Å². The minimum Gasteiger partial charge on any atom is -0.481 e. The number of aliphatic hydroxyl groups excluding tert-OH is 3. The van der Waals surface area contributed by atoms with Crippen molar-refractivity contribution in [1.82, 2.24) is 0 Å². The number of carboxylic acids is 1. The number of allylic oxidation sites excluding steroid dienone is 4. The van der Waals surface area contributed by atoms with Gasteiger partial charge in [0.25, 0.3) is 0 Å². The third-order valence-corrected chi connectivity index (χ3v) is 14.5. The Morgan fingerprint density at radius 1 is 0.952 bits per heavy atom. The molecule has 236 valence electrons. The van der Waals surface area contributed by atoms with Gasteiger partial charge in [0.1, 0.15) is 18.3 Å². The molecule has 13 atom stereocenters. The van der Waals surface area contributed by atoms with Crippen molar-refractivity contribution < 1.29 is 34.7 Å². The fourth-order valence-corrected chi connectivity index (χ4v) is 11.7. The molecule has 1 saturated heterocycles. The predicted octanol–water partition coefficient (Wildman–Crippen LogP) is 5.47. The van der Waals surface area contributed by atoms with E-state index in [1.807, 2.05) is 0 Å². The first-order valence-electron chi connectivity index (χ1n) is 16.5. The fraction of sp³-hybridized carbons (Fsp3) is 0.857. The molecule has 1 heterocycles. The van der Waals surface area contributed by atoms with E-state index in [1.54, 1.807) is 0 Å². The van der Waals surface area contributed by atoms with Gasteiger partial charge in [0.05, 0.1) is 18.6 Å². The monoisotopic (exact) mass is 586 g/mol. The number of carbonyl (C=O) groups is 1. The van der Waals surface area contributed by atoms with E-state index in [9.17, 15) is 25.2 Å².